The minimum atomic E-state index is -0.760. The van der Waals surface area contributed by atoms with Gasteiger partial charge in [-0.25, -0.2) is 4.79 Å². The largest absolute Gasteiger partial charge is 0.493 e. The fraction of sp³-hybridized carbons (Fsp3) is 0.357. The van der Waals surface area contributed by atoms with Crippen molar-refractivity contribution in [2.45, 2.75) is 13.0 Å². The summed E-state index contributed by atoms with van der Waals surface area (Å²) in [6.07, 6.45) is -0.760. The van der Waals surface area contributed by atoms with Gasteiger partial charge in [-0.1, -0.05) is 6.07 Å². The number of hydroxylamine groups is 1. The Bertz CT molecular complexity index is 581. The third-order valence-electron chi connectivity index (χ3n) is 3.26. The Labute approximate surface area is 116 Å². The average Bonchev–Trinajstić information content (AvgIpc) is 2.91. The van der Waals surface area contributed by atoms with E-state index in [1.54, 1.807) is 14.0 Å². The van der Waals surface area contributed by atoms with Gasteiger partial charge in [0.05, 0.1) is 19.4 Å². The number of hydrogen-bond acceptors (Lipinski definition) is 6. The van der Waals surface area contributed by atoms with Gasteiger partial charge in [-0.3, -0.25) is 10.3 Å². The summed E-state index contributed by atoms with van der Waals surface area (Å²) in [6.45, 7) is 2.33. The predicted octanol–water partition coefficient (Wildman–Crippen LogP) is 1.27. The number of esters is 1. The Kier molecular flexibility index (Phi) is 3.23. The Hall–Kier alpha value is -2.21. The molecule has 0 radical (unpaired) electrons. The predicted molar refractivity (Wildman–Crippen MR) is 70.1 cm³/mol. The van der Waals surface area contributed by atoms with E-state index in [0.717, 1.165) is 16.8 Å². The number of carbonyl (C=O) groups is 1. The van der Waals surface area contributed by atoms with Crippen LogP contribution in [0.25, 0.3) is 5.70 Å². The first-order valence-corrected chi connectivity index (χ1v) is 6.37. The maximum Gasteiger partial charge on any atom is 0.342 e. The van der Waals surface area contributed by atoms with Gasteiger partial charge in [-0.15, -0.1) is 0 Å². The van der Waals surface area contributed by atoms with Crippen molar-refractivity contribution in [3.8, 4) is 11.5 Å². The number of hydrogen-bond donors (Lipinski definition) is 1. The Morgan fingerprint density at radius 2 is 2.35 bits per heavy atom. The van der Waals surface area contributed by atoms with Gasteiger partial charge in [0.1, 0.15) is 6.61 Å². The summed E-state index contributed by atoms with van der Waals surface area (Å²) in [5.41, 5.74) is 5.11. The van der Waals surface area contributed by atoms with Crippen LogP contribution >= 0.6 is 0 Å². The highest BCUT2D eigenvalue weighted by atomic mass is 16.7. The average molecular weight is 277 g/mol. The second kappa shape index (κ2) is 5.05. The molecule has 1 N–H and O–H groups in total. The maximum absolute atomic E-state index is 11.8. The van der Waals surface area contributed by atoms with Crippen LogP contribution in [0.2, 0.25) is 0 Å². The van der Waals surface area contributed by atoms with E-state index in [2.05, 4.69) is 5.48 Å². The van der Waals surface area contributed by atoms with Crippen LogP contribution in [-0.2, 0) is 14.4 Å². The molecule has 1 aromatic rings. The van der Waals surface area contributed by atoms with Crippen LogP contribution in [0.3, 0.4) is 0 Å². The molecule has 1 atom stereocenters. The fourth-order valence-corrected chi connectivity index (χ4v) is 2.34. The van der Waals surface area contributed by atoms with Crippen molar-refractivity contribution >= 4 is 11.7 Å². The van der Waals surface area contributed by atoms with Gasteiger partial charge in [0.2, 0.25) is 6.10 Å². The molecular weight excluding hydrogens is 262 g/mol. The number of rotatable bonds is 3. The summed E-state index contributed by atoms with van der Waals surface area (Å²) in [7, 11) is 1.59. The first-order valence-electron chi connectivity index (χ1n) is 6.37. The summed E-state index contributed by atoms with van der Waals surface area (Å²) in [4.78, 5) is 17.2. The van der Waals surface area contributed by atoms with Gasteiger partial charge in [0.25, 0.3) is 0 Å². The van der Waals surface area contributed by atoms with Gasteiger partial charge < -0.3 is 14.2 Å². The molecule has 6 heteroatoms. The summed E-state index contributed by atoms with van der Waals surface area (Å²) in [6, 6.07) is 5.57. The standard InChI is InChI=1S/C14H15NO5/c1-3-18-14(16)13-9-7-19-12-8(11(9)15-20-13)5-4-6-10(12)17-2/h4-6,13,15H,3,7H2,1-2H3. The zero-order chi connectivity index (χ0) is 14.1. The van der Waals surface area contributed by atoms with Crippen LogP contribution in [0.5, 0.6) is 11.5 Å². The molecule has 0 fully saturated rings. The van der Waals surface area contributed by atoms with E-state index in [1.807, 2.05) is 18.2 Å². The summed E-state index contributed by atoms with van der Waals surface area (Å²) >= 11 is 0. The molecule has 1 unspecified atom stereocenters. The van der Waals surface area contributed by atoms with E-state index in [1.165, 1.54) is 0 Å². The zero-order valence-electron chi connectivity index (χ0n) is 11.3. The number of ether oxygens (including phenoxy) is 3. The van der Waals surface area contributed by atoms with E-state index in [4.69, 9.17) is 19.0 Å². The highest BCUT2D eigenvalue weighted by molar-refractivity contribution is 5.87. The molecule has 2 heterocycles. The normalized spacial score (nSPS) is 19.6. The van der Waals surface area contributed by atoms with E-state index < -0.39 is 12.1 Å². The van der Waals surface area contributed by atoms with Crippen molar-refractivity contribution in [2.75, 3.05) is 20.3 Å². The molecule has 0 amide bonds. The molecule has 0 aliphatic carbocycles. The van der Waals surface area contributed by atoms with Crippen LogP contribution in [-0.4, -0.2) is 32.4 Å². The third kappa shape index (κ3) is 1.89. The van der Waals surface area contributed by atoms with E-state index >= 15 is 0 Å². The van der Waals surface area contributed by atoms with Crippen molar-refractivity contribution in [3.63, 3.8) is 0 Å². The smallest absolute Gasteiger partial charge is 0.342 e. The molecule has 106 valence electrons. The highest BCUT2D eigenvalue weighted by Crippen LogP contribution is 2.41. The Balaban J connectivity index is 1.98. The molecule has 3 rings (SSSR count). The van der Waals surface area contributed by atoms with Gasteiger partial charge in [-0.2, -0.15) is 0 Å². The lowest BCUT2D eigenvalue weighted by molar-refractivity contribution is -0.155. The lowest BCUT2D eigenvalue weighted by Crippen LogP contribution is -2.29. The molecule has 0 aromatic heterocycles. The maximum atomic E-state index is 11.8. The number of fused-ring (bicyclic) bond motifs is 2. The number of para-hydroxylation sites is 1. The SMILES string of the molecule is CCOC(=O)C1ONC2=C1COc1c(OC)cccc12. The summed E-state index contributed by atoms with van der Waals surface area (Å²) < 4.78 is 16.0. The van der Waals surface area contributed by atoms with Crippen molar-refractivity contribution < 1.29 is 23.8 Å². The van der Waals surface area contributed by atoms with E-state index in [0.29, 0.717) is 18.1 Å². The van der Waals surface area contributed by atoms with Crippen molar-refractivity contribution in [1.29, 1.82) is 0 Å². The van der Waals surface area contributed by atoms with Gasteiger partial charge in [0.15, 0.2) is 11.5 Å². The molecule has 0 spiro atoms. The second-order valence-electron chi connectivity index (χ2n) is 4.38. The zero-order valence-corrected chi connectivity index (χ0v) is 11.3. The lowest BCUT2D eigenvalue weighted by Gasteiger charge is -2.21. The van der Waals surface area contributed by atoms with Crippen molar-refractivity contribution in [1.82, 2.24) is 5.48 Å². The summed E-state index contributed by atoms with van der Waals surface area (Å²) in [5.74, 6) is 0.879. The molecule has 0 saturated heterocycles. The number of methoxy groups -OCH3 is 1. The monoisotopic (exact) mass is 277 g/mol. The molecule has 1 aromatic carbocycles. The van der Waals surface area contributed by atoms with Crippen molar-refractivity contribution in [2.24, 2.45) is 0 Å². The van der Waals surface area contributed by atoms with Gasteiger partial charge in [-0.05, 0) is 19.1 Å². The lowest BCUT2D eigenvalue weighted by atomic mass is 10.0. The summed E-state index contributed by atoms with van der Waals surface area (Å²) in [5, 5.41) is 0. The van der Waals surface area contributed by atoms with Gasteiger partial charge >= 0.3 is 5.97 Å². The third-order valence-corrected chi connectivity index (χ3v) is 3.26. The van der Waals surface area contributed by atoms with E-state index in [9.17, 15) is 4.79 Å². The molecule has 20 heavy (non-hydrogen) atoms. The highest BCUT2D eigenvalue weighted by Gasteiger charge is 2.38. The number of benzene rings is 1. The Morgan fingerprint density at radius 3 is 3.10 bits per heavy atom. The molecule has 0 bridgehead atoms. The Morgan fingerprint density at radius 1 is 1.50 bits per heavy atom. The van der Waals surface area contributed by atoms with Crippen LogP contribution in [0.4, 0.5) is 0 Å². The van der Waals surface area contributed by atoms with Crippen molar-refractivity contribution in [3.05, 3.63) is 29.3 Å². The molecule has 6 nitrogen and oxygen atoms in total. The molecular formula is C14H15NO5. The fourth-order valence-electron chi connectivity index (χ4n) is 2.34. The first kappa shape index (κ1) is 12.8. The first-order chi connectivity index (χ1) is 9.76. The second-order valence-corrected chi connectivity index (χ2v) is 4.38. The van der Waals surface area contributed by atoms with Crippen LogP contribution in [0.1, 0.15) is 12.5 Å². The van der Waals surface area contributed by atoms with Crippen LogP contribution < -0.4 is 15.0 Å². The topological polar surface area (TPSA) is 66.0 Å². The molecule has 2 aliphatic heterocycles. The number of nitrogens with one attached hydrogen (secondary N) is 1. The minimum Gasteiger partial charge on any atom is -0.493 e. The van der Waals surface area contributed by atoms with Crippen LogP contribution in [0.15, 0.2) is 23.8 Å². The van der Waals surface area contributed by atoms with Crippen LogP contribution in [0, 0.1) is 0 Å². The van der Waals surface area contributed by atoms with E-state index in [-0.39, 0.29) is 6.61 Å². The minimum absolute atomic E-state index is 0.263. The molecule has 2 aliphatic rings. The molecule has 0 saturated carbocycles. The van der Waals surface area contributed by atoms with Gasteiger partial charge in [0, 0.05) is 11.1 Å². The number of carbonyl (C=O) groups excluding carboxylic acids is 1. The quantitative estimate of drug-likeness (QED) is 0.839.